The Kier molecular flexibility index (Phi) is 3.80. The second-order valence-corrected chi connectivity index (χ2v) is 3.36. The summed E-state index contributed by atoms with van der Waals surface area (Å²) in [6.45, 7) is 5.00. The van der Waals surface area contributed by atoms with Crippen LogP contribution in [0.2, 0.25) is 0 Å². The first-order chi connectivity index (χ1) is 6.29. The first-order valence-corrected chi connectivity index (χ1v) is 5.06. The maximum atomic E-state index is 11.6. The second kappa shape index (κ2) is 4.90. The highest BCUT2D eigenvalue weighted by atomic mass is 16.1. The number of aromatic amines is 1. The van der Waals surface area contributed by atoms with Crippen molar-refractivity contribution >= 4 is 0 Å². The maximum absolute atomic E-state index is 11.6. The van der Waals surface area contributed by atoms with Gasteiger partial charge in [-0.05, 0) is 19.3 Å². The van der Waals surface area contributed by atoms with Gasteiger partial charge in [-0.2, -0.15) is 0 Å². The molecule has 13 heavy (non-hydrogen) atoms. The van der Waals surface area contributed by atoms with Crippen LogP contribution in [0, 0.1) is 0 Å². The van der Waals surface area contributed by atoms with E-state index in [1.54, 1.807) is 4.68 Å². The third kappa shape index (κ3) is 2.47. The number of hydrogen-bond donors (Lipinski definition) is 1. The summed E-state index contributed by atoms with van der Waals surface area (Å²) in [5, 5.41) is 2.99. The molecule has 0 aromatic carbocycles. The summed E-state index contributed by atoms with van der Waals surface area (Å²) in [4.78, 5) is 11.6. The first kappa shape index (κ1) is 10.1. The van der Waals surface area contributed by atoms with E-state index >= 15 is 0 Å². The van der Waals surface area contributed by atoms with Gasteiger partial charge in [0.1, 0.15) is 0 Å². The Morgan fingerprint density at radius 1 is 1.38 bits per heavy atom. The van der Waals surface area contributed by atoms with Crippen LogP contribution >= 0.6 is 0 Å². The molecular formula is C10H18N2O. The molecule has 0 saturated carbocycles. The Morgan fingerprint density at radius 2 is 2.15 bits per heavy atom. The van der Waals surface area contributed by atoms with Crippen LogP contribution in [-0.2, 0) is 13.0 Å². The van der Waals surface area contributed by atoms with Gasteiger partial charge >= 0.3 is 0 Å². The summed E-state index contributed by atoms with van der Waals surface area (Å²) >= 11 is 0. The van der Waals surface area contributed by atoms with Crippen molar-refractivity contribution in [1.82, 2.24) is 9.78 Å². The molecule has 0 amide bonds. The van der Waals surface area contributed by atoms with Crippen molar-refractivity contribution in [3.63, 3.8) is 0 Å². The second-order valence-electron chi connectivity index (χ2n) is 3.36. The van der Waals surface area contributed by atoms with Gasteiger partial charge in [-0.25, -0.2) is 0 Å². The van der Waals surface area contributed by atoms with Gasteiger partial charge in [0.15, 0.2) is 0 Å². The van der Waals surface area contributed by atoms with E-state index in [-0.39, 0.29) is 5.56 Å². The molecule has 1 N–H and O–H groups in total. The Bertz CT molecular complexity index is 298. The van der Waals surface area contributed by atoms with Gasteiger partial charge in [-0.3, -0.25) is 9.48 Å². The number of unbranched alkanes of at least 4 members (excludes halogenated alkanes) is 1. The van der Waals surface area contributed by atoms with Crippen molar-refractivity contribution in [2.45, 2.75) is 46.1 Å². The van der Waals surface area contributed by atoms with Crippen LogP contribution in [0.15, 0.2) is 11.0 Å². The third-order valence-corrected chi connectivity index (χ3v) is 2.16. The average Bonchev–Trinajstić information content (AvgIpc) is 2.46. The van der Waals surface area contributed by atoms with Gasteiger partial charge in [0.25, 0.3) is 5.56 Å². The zero-order valence-corrected chi connectivity index (χ0v) is 8.47. The molecule has 0 spiro atoms. The normalized spacial score (nSPS) is 10.6. The highest BCUT2D eigenvalue weighted by Gasteiger charge is 2.03. The number of rotatable bonds is 5. The maximum Gasteiger partial charge on any atom is 0.269 e. The van der Waals surface area contributed by atoms with Crippen LogP contribution in [-0.4, -0.2) is 9.78 Å². The SMILES string of the molecule is CCCCc1c[nH]n(CCC)c1=O. The number of aromatic nitrogens is 2. The number of nitrogens with one attached hydrogen (secondary N) is 1. The van der Waals surface area contributed by atoms with E-state index in [0.29, 0.717) is 0 Å². The van der Waals surface area contributed by atoms with Crippen LogP contribution < -0.4 is 5.56 Å². The van der Waals surface area contributed by atoms with E-state index in [4.69, 9.17) is 0 Å². The molecule has 0 unspecified atom stereocenters. The number of hydrogen-bond acceptors (Lipinski definition) is 1. The molecule has 0 fully saturated rings. The molecule has 0 aliphatic carbocycles. The van der Waals surface area contributed by atoms with E-state index in [1.165, 1.54) is 0 Å². The van der Waals surface area contributed by atoms with Crippen molar-refractivity contribution in [2.24, 2.45) is 0 Å². The molecule has 0 aliphatic heterocycles. The fourth-order valence-corrected chi connectivity index (χ4v) is 1.39. The van der Waals surface area contributed by atoms with Crippen molar-refractivity contribution in [3.8, 4) is 0 Å². The van der Waals surface area contributed by atoms with Gasteiger partial charge in [-0.1, -0.05) is 20.3 Å². The largest absolute Gasteiger partial charge is 0.303 e. The molecule has 0 atom stereocenters. The third-order valence-electron chi connectivity index (χ3n) is 2.16. The predicted molar refractivity (Wildman–Crippen MR) is 54.0 cm³/mol. The molecule has 0 bridgehead atoms. The minimum absolute atomic E-state index is 0.162. The summed E-state index contributed by atoms with van der Waals surface area (Å²) in [6, 6.07) is 0. The van der Waals surface area contributed by atoms with Crippen molar-refractivity contribution in [2.75, 3.05) is 0 Å². The van der Waals surface area contributed by atoms with Crippen LogP contribution in [0.25, 0.3) is 0 Å². The highest BCUT2D eigenvalue weighted by molar-refractivity contribution is 5.04. The molecule has 0 saturated heterocycles. The molecule has 0 radical (unpaired) electrons. The van der Waals surface area contributed by atoms with E-state index in [2.05, 4.69) is 18.9 Å². The van der Waals surface area contributed by atoms with E-state index in [1.807, 2.05) is 6.20 Å². The van der Waals surface area contributed by atoms with Crippen molar-refractivity contribution in [1.29, 1.82) is 0 Å². The fraction of sp³-hybridized carbons (Fsp3) is 0.700. The molecule has 74 valence electrons. The smallest absolute Gasteiger partial charge is 0.269 e. The van der Waals surface area contributed by atoms with Crippen LogP contribution in [0.4, 0.5) is 0 Å². The van der Waals surface area contributed by atoms with E-state index < -0.39 is 0 Å². The average molecular weight is 182 g/mol. The minimum Gasteiger partial charge on any atom is -0.303 e. The summed E-state index contributed by atoms with van der Waals surface area (Å²) in [7, 11) is 0. The Balaban J connectivity index is 2.69. The molecule has 1 aromatic rings. The van der Waals surface area contributed by atoms with E-state index in [9.17, 15) is 4.79 Å². The zero-order chi connectivity index (χ0) is 9.68. The number of aryl methyl sites for hydroxylation is 2. The standard InChI is InChI=1S/C10H18N2O/c1-3-5-6-9-8-11-12(7-4-2)10(9)13/h8,11H,3-7H2,1-2H3. The van der Waals surface area contributed by atoms with Gasteiger partial charge in [0.2, 0.25) is 0 Å². The lowest BCUT2D eigenvalue weighted by atomic mass is 10.2. The molecule has 1 aromatic heterocycles. The Hall–Kier alpha value is -0.990. The summed E-state index contributed by atoms with van der Waals surface area (Å²) in [5.41, 5.74) is 1.09. The molecular weight excluding hydrogens is 164 g/mol. The van der Waals surface area contributed by atoms with Crippen LogP contribution in [0.3, 0.4) is 0 Å². The van der Waals surface area contributed by atoms with E-state index in [0.717, 1.165) is 37.8 Å². The predicted octanol–water partition coefficient (Wildman–Crippen LogP) is 1.93. The topological polar surface area (TPSA) is 37.8 Å². The quantitative estimate of drug-likeness (QED) is 0.742. The summed E-state index contributed by atoms with van der Waals surface area (Å²) < 4.78 is 1.69. The van der Waals surface area contributed by atoms with Crippen molar-refractivity contribution in [3.05, 3.63) is 22.1 Å². The van der Waals surface area contributed by atoms with Crippen molar-refractivity contribution < 1.29 is 0 Å². The number of H-pyrrole nitrogens is 1. The lowest BCUT2D eigenvalue weighted by Crippen LogP contribution is -2.18. The van der Waals surface area contributed by atoms with Gasteiger partial charge in [-0.15, -0.1) is 0 Å². The molecule has 3 heteroatoms. The molecule has 1 heterocycles. The molecule has 1 rings (SSSR count). The van der Waals surface area contributed by atoms with Gasteiger partial charge in [0.05, 0.1) is 0 Å². The molecule has 0 aliphatic rings. The highest BCUT2D eigenvalue weighted by Crippen LogP contribution is 1.98. The minimum atomic E-state index is 0.162. The Morgan fingerprint density at radius 3 is 2.77 bits per heavy atom. The zero-order valence-electron chi connectivity index (χ0n) is 8.47. The van der Waals surface area contributed by atoms with Crippen LogP contribution in [0.5, 0.6) is 0 Å². The fourth-order valence-electron chi connectivity index (χ4n) is 1.39. The number of nitrogens with zero attached hydrogens (tertiary/aromatic N) is 1. The monoisotopic (exact) mass is 182 g/mol. The lowest BCUT2D eigenvalue weighted by Gasteiger charge is -1.95. The van der Waals surface area contributed by atoms with Gasteiger partial charge < -0.3 is 5.10 Å². The summed E-state index contributed by atoms with van der Waals surface area (Å²) in [5.74, 6) is 0. The van der Waals surface area contributed by atoms with Gasteiger partial charge in [0, 0.05) is 18.3 Å². The summed E-state index contributed by atoms with van der Waals surface area (Å²) in [6.07, 6.45) is 5.97. The van der Waals surface area contributed by atoms with Crippen LogP contribution in [0.1, 0.15) is 38.7 Å². The lowest BCUT2D eigenvalue weighted by molar-refractivity contribution is 0.583. The Labute approximate surface area is 78.8 Å². The first-order valence-electron chi connectivity index (χ1n) is 5.06. The molecule has 3 nitrogen and oxygen atoms in total.